The van der Waals surface area contributed by atoms with Crippen molar-refractivity contribution in [2.75, 3.05) is 0 Å². The van der Waals surface area contributed by atoms with Gasteiger partial charge in [0.15, 0.2) is 0 Å². The van der Waals surface area contributed by atoms with Crippen LogP contribution in [0.25, 0.3) is 0 Å². The summed E-state index contributed by atoms with van der Waals surface area (Å²) in [6.45, 7) is 13.9. The summed E-state index contributed by atoms with van der Waals surface area (Å²) in [7, 11) is 2.37. The van der Waals surface area contributed by atoms with Gasteiger partial charge in [-0.25, -0.2) is 12.5 Å². The molecular formula is C10H22B2IS. The van der Waals surface area contributed by atoms with Crippen molar-refractivity contribution in [2.24, 2.45) is 10.8 Å². The van der Waals surface area contributed by atoms with Gasteiger partial charge in [0.25, 0.3) is 0 Å². The lowest BCUT2D eigenvalue weighted by atomic mass is 9.39. The van der Waals surface area contributed by atoms with Crippen molar-refractivity contribution in [3.8, 4) is 0 Å². The van der Waals surface area contributed by atoms with Gasteiger partial charge in [0, 0.05) is 0 Å². The largest absolute Gasteiger partial charge is 0.236 e. The van der Waals surface area contributed by atoms with Crippen molar-refractivity contribution >= 4 is 45.8 Å². The summed E-state index contributed by atoms with van der Waals surface area (Å²) in [5.74, 6) is 0.641. The monoisotopic (exact) mass is 323 g/mol. The summed E-state index contributed by atoms with van der Waals surface area (Å²) in [5, 5.41) is 0. The van der Waals surface area contributed by atoms with Crippen LogP contribution in [0.4, 0.5) is 0 Å². The van der Waals surface area contributed by atoms with Crippen LogP contribution in [0, 0.1) is 10.8 Å². The highest BCUT2D eigenvalue weighted by Crippen LogP contribution is 2.40. The van der Waals surface area contributed by atoms with E-state index in [0.717, 1.165) is 0 Å². The van der Waals surface area contributed by atoms with Crippen molar-refractivity contribution < 1.29 is 0 Å². The topological polar surface area (TPSA) is 0 Å². The highest BCUT2D eigenvalue weighted by Gasteiger charge is 2.30. The van der Waals surface area contributed by atoms with Crippen LogP contribution in [0.5, 0.6) is 0 Å². The molecule has 0 aliphatic heterocycles. The van der Waals surface area contributed by atoms with E-state index < -0.39 is 0 Å². The Balaban J connectivity index is 4.42. The minimum Gasteiger partial charge on any atom is -0.222 e. The van der Waals surface area contributed by atoms with Gasteiger partial charge in [-0.15, -0.1) is 22.4 Å². The van der Waals surface area contributed by atoms with E-state index in [9.17, 15) is 0 Å². The summed E-state index contributed by atoms with van der Waals surface area (Å²) in [5.41, 5.74) is 0.743. The fraction of sp³-hybridized carbons (Fsp3) is 1.00. The van der Waals surface area contributed by atoms with Gasteiger partial charge >= 0.3 is 0 Å². The second kappa shape index (κ2) is 5.51. The molecule has 0 amide bonds. The molecule has 1 radical (unpaired) electrons. The molecular weight excluding hydrogens is 301 g/mol. The molecule has 0 heterocycles. The third-order valence-corrected chi connectivity index (χ3v) is 2.92. The van der Waals surface area contributed by atoms with Crippen molar-refractivity contribution in [3.63, 3.8) is 0 Å². The molecule has 0 aromatic heterocycles. The number of hydrogen-bond donors (Lipinski definition) is 1. The molecule has 0 nitrogen and oxygen atoms in total. The zero-order chi connectivity index (χ0) is 11.6. The van der Waals surface area contributed by atoms with Gasteiger partial charge in [0.1, 0.15) is 7.17 Å². The van der Waals surface area contributed by atoms with Gasteiger partial charge in [-0.1, -0.05) is 53.8 Å². The van der Waals surface area contributed by atoms with Crippen molar-refractivity contribution in [3.05, 3.63) is 0 Å². The zero-order valence-corrected chi connectivity index (χ0v) is 13.3. The fourth-order valence-electron chi connectivity index (χ4n) is 1.51. The van der Waals surface area contributed by atoms with Gasteiger partial charge in [-0.05, 0) is 10.8 Å². The van der Waals surface area contributed by atoms with Gasteiger partial charge < -0.3 is 0 Å². The number of thiol groups is 1. The Hall–Kier alpha value is 1.21. The standard InChI is InChI=1S/C10H22B2IS/c1-9(2,3)7-8(10(4,5)6)11-12(13)14/h8,14H,7H2,1-6H3. The average molecular weight is 323 g/mol. The Morgan fingerprint density at radius 2 is 1.64 bits per heavy atom. The predicted octanol–water partition coefficient (Wildman–Crippen LogP) is 4.31. The Bertz CT molecular complexity index is 170. The number of halogens is 1. The molecule has 0 N–H and O–H groups in total. The van der Waals surface area contributed by atoms with E-state index in [1.165, 1.54) is 6.42 Å². The molecule has 0 fully saturated rings. The molecule has 0 aliphatic carbocycles. The minimum atomic E-state index is 0.347. The van der Waals surface area contributed by atoms with E-state index in [-0.39, 0.29) is 0 Å². The molecule has 1 unspecified atom stereocenters. The normalized spacial score (nSPS) is 15.1. The van der Waals surface area contributed by atoms with E-state index in [1.807, 2.05) is 0 Å². The fourth-order valence-corrected chi connectivity index (χ4v) is 2.22. The summed E-state index contributed by atoms with van der Waals surface area (Å²) in [4.78, 5) is 0. The lowest BCUT2D eigenvalue weighted by molar-refractivity contribution is 0.275. The smallest absolute Gasteiger partial charge is 0.222 e. The first-order chi connectivity index (χ1) is 6.02. The molecule has 0 spiro atoms. The van der Waals surface area contributed by atoms with E-state index in [0.29, 0.717) is 20.4 Å². The van der Waals surface area contributed by atoms with Crippen LogP contribution in [0.2, 0.25) is 5.82 Å². The first kappa shape index (κ1) is 15.2. The van der Waals surface area contributed by atoms with Crippen LogP contribution in [0.15, 0.2) is 0 Å². The SMILES string of the molecule is CC(C)(C)CC([B]B(S)I)C(C)(C)C. The molecule has 81 valence electrons. The maximum Gasteiger partial charge on any atom is 0.236 e. The Labute approximate surface area is 110 Å². The van der Waals surface area contributed by atoms with Crippen LogP contribution in [-0.2, 0) is 0 Å². The maximum absolute atomic E-state index is 4.45. The molecule has 0 aromatic carbocycles. The molecule has 0 bridgehead atoms. The highest BCUT2D eigenvalue weighted by molar-refractivity contribution is 14.1. The van der Waals surface area contributed by atoms with Crippen molar-refractivity contribution in [1.29, 1.82) is 0 Å². The Morgan fingerprint density at radius 3 is 1.86 bits per heavy atom. The van der Waals surface area contributed by atoms with E-state index in [4.69, 9.17) is 0 Å². The number of rotatable bonds is 3. The molecule has 0 rings (SSSR count). The van der Waals surface area contributed by atoms with E-state index in [1.54, 1.807) is 0 Å². The second-order valence-corrected chi connectivity index (χ2v) is 9.19. The molecule has 4 heteroatoms. The molecule has 0 saturated heterocycles. The first-order valence-corrected chi connectivity index (χ1v) is 6.96. The summed E-state index contributed by atoms with van der Waals surface area (Å²) in [6.07, 6.45) is 1.23. The lowest BCUT2D eigenvalue weighted by Crippen LogP contribution is -2.29. The van der Waals surface area contributed by atoms with Crippen molar-refractivity contribution in [2.45, 2.75) is 53.8 Å². The second-order valence-electron chi connectivity index (χ2n) is 6.30. The molecule has 0 aliphatic rings. The summed E-state index contributed by atoms with van der Waals surface area (Å²) < 4.78 is 0.360. The zero-order valence-electron chi connectivity index (χ0n) is 10.3. The van der Waals surface area contributed by atoms with Crippen LogP contribution in [0.3, 0.4) is 0 Å². The molecule has 0 aromatic rings. The molecule has 14 heavy (non-hydrogen) atoms. The minimum absolute atomic E-state index is 0.347. The summed E-state index contributed by atoms with van der Waals surface area (Å²) >= 11 is 6.81. The number of hydrogen-bond acceptors (Lipinski definition) is 1. The van der Waals surface area contributed by atoms with Gasteiger partial charge in [0.2, 0.25) is 3.74 Å². The maximum atomic E-state index is 4.45. The highest BCUT2D eigenvalue weighted by atomic mass is 127. The average Bonchev–Trinajstić information content (AvgIpc) is 1.78. The molecule has 0 saturated carbocycles. The van der Waals surface area contributed by atoms with Gasteiger partial charge in [-0.2, -0.15) is 0 Å². The Morgan fingerprint density at radius 1 is 1.21 bits per heavy atom. The molecule has 1 atom stereocenters. The van der Waals surface area contributed by atoms with Gasteiger partial charge in [-0.3, -0.25) is 0 Å². The Kier molecular flexibility index (Phi) is 5.99. The van der Waals surface area contributed by atoms with Gasteiger partial charge in [0.05, 0.1) is 0 Å². The van der Waals surface area contributed by atoms with Crippen LogP contribution >= 0.6 is 34.9 Å². The third kappa shape index (κ3) is 7.49. The van der Waals surface area contributed by atoms with Crippen molar-refractivity contribution in [1.82, 2.24) is 0 Å². The van der Waals surface area contributed by atoms with Crippen LogP contribution in [-0.4, -0.2) is 10.9 Å². The summed E-state index contributed by atoms with van der Waals surface area (Å²) in [6, 6.07) is 0. The predicted molar refractivity (Wildman–Crippen MR) is 81.8 cm³/mol. The van der Waals surface area contributed by atoms with Crippen LogP contribution < -0.4 is 0 Å². The van der Waals surface area contributed by atoms with Crippen LogP contribution in [0.1, 0.15) is 48.0 Å². The third-order valence-electron chi connectivity index (χ3n) is 2.34. The van der Waals surface area contributed by atoms with E-state index >= 15 is 0 Å². The first-order valence-electron chi connectivity index (χ1n) is 5.19. The quantitative estimate of drug-likeness (QED) is 0.447. The lowest BCUT2D eigenvalue weighted by Gasteiger charge is -2.36. The van der Waals surface area contributed by atoms with E-state index in [2.05, 4.69) is 83.6 Å².